The highest BCUT2D eigenvalue weighted by Crippen LogP contribution is 2.29. The van der Waals surface area contributed by atoms with Crippen LogP contribution in [0, 0.1) is 6.92 Å². The maximum atomic E-state index is 12.9. The van der Waals surface area contributed by atoms with Crippen molar-refractivity contribution in [3.05, 3.63) is 39.7 Å². The van der Waals surface area contributed by atoms with Crippen LogP contribution in [0.1, 0.15) is 31.1 Å². The fourth-order valence-corrected chi connectivity index (χ4v) is 3.05. The molecule has 0 amide bonds. The van der Waals surface area contributed by atoms with Gasteiger partial charge in [0.15, 0.2) is 5.43 Å². The van der Waals surface area contributed by atoms with E-state index in [-0.39, 0.29) is 17.9 Å². The van der Waals surface area contributed by atoms with E-state index >= 15 is 0 Å². The lowest BCUT2D eigenvalue weighted by Crippen LogP contribution is -2.23. The maximum Gasteiger partial charge on any atom is 0.308 e. The van der Waals surface area contributed by atoms with Crippen molar-refractivity contribution < 1.29 is 14.6 Å². The normalized spacial score (nSPS) is 11.5. The molecule has 1 heterocycles. The van der Waals surface area contributed by atoms with E-state index in [1.54, 1.807) is 19.1 Å². The number of pyridine rings is 1. The molecular weight excluding hydrogens is 320 g/mol. The Morgan fingerprint density at radius 3 is 2.56 bits per heavy atom. The van der Waals surface area contributed by atoms with Gasteiger partial charge in [-0.15, -0.1) is 0 Å². The molecule has 25 heavy (non-hydrogen) atoms. The third-order valence-electron chi connectivity index (χ3n) is 4.20. The molecule has 1 aromatic carbocycles. The van der Waals surface area contributed by atoms with Crippen LogP contribution in [0.3, 0.4) is 0 Å². The number of fused-ring (bicyclic) bond motifs is 1. The van der Waals surface area contributed by atoms with Gasteiger partial charge >= 0.3 is 5.97 Å². The number of hydrogen-bond acceptors (Lipinski definition) is 4. The van der Waals surface area contributed by atoms with Crippen molar-refractivity contribution in [3.63, 3.8) is 0 Å². The van der Waals surface area contributed by atoms with E-state index < -0.39 is 5.97 Å². The average Bonchev–Trinajstić information content (AvgIpc) is 2.51. The summed E-state index contributed by atoms with van der Waals surface area (Å²) in [6, 6.07) is 5.43. The zero-order valence-electron chi connectivity index (χ0n) is 15.5. The first kappa shape index (κ1) is 19.0. The van der Waals surface area contributed by atoms with Crippen molar-refractivity contribution in [3.8, 4) is 5.75 Å². The van der Waals surface area contributed by atoms with Gasteiger partial charge in [0.1, 0.15) is 12.4 Å². The van der Waals surface area contributed by atoms with Gasteiger partial charge in [0, 0.05) is 29.2 Å². The molecule has 2 aromatic rings. The third-order valence-corrected chi connectivity index (χ3v) is 4.20. The summed E-state index contributed by atoms with van der Waals surface area (Å²) in [5, 5.41) is 9.66. The van der Waals surface area contributed by atoms with Crippen molar-refractivity contribution in [2.45, 2.75) is 33.2 Å². The zero-order valence-corrected chi connectivity index (χ0v) is 15.5. The quantitative estimate of drug-likeness (QED) is 0.834. The van der Waals surface area contributed by atoms with Crippen LogP contribution >= 0.6 is 0 Å². The maximum absolute atomic E-state index is 12.9. The summed E-state index contributed by atoms with van der Waals surface area (Å²) in [6.07, 6.45) is -0.279. The zero-order chi connectivity index (χ0) is 18.7. The number of likely N-dealkylation sites (N-methyl/N-ethyl adjacent to an activating group) is 1. The molecule has 0 radical (unpaired) electrons. The largest absolute Gasteiger partial charge is 0.490 e. The topological polar surface area (TPSA) is 71.8 Å². The van der Waals surface area contributed by atoms with Crippen LogP contribution < -0.4 is 10.2 Å². The smallest absolute Gasteiger partial charge is 0.308 e. The first-order valence-electron chi connectivity index (χ1n) is 8.40. The minimum Gasteiger partial charge on any atom is -0.490 e. The van der Waals surface area contributed by atoms with Crippen LogP contribution in [-0.4, -0.2) is 47.8 Å². The second-order valence-electron chi connectivity index (χ2n) is 6.73. The van der Waals surface area contributed by atoms with Gasteiger partial charge in [-0.2, -0.15) is 0 Å². The number of aromatic nitrogens is 1. The molecule has 2 rings (SSSR count). The highest BCUT2D eigenvalue weighted by Gasteiger charge is 2.20. The van der Waals surface area contributed by atoms with Gasteiger partial charge in [0.2, 0.25) is 0 Å². The number of aliphatic carboxylic acids is 1. The van der Waals surface area contributed by atoms with Crippen molar-refractivity contribution in [2.24, 2.45) is 0 Å². The molecule has 0 saturated heterocycles. The predicted molar refractivity (Wildman–Crippen MR) is 98.7 cm³/mol. The predicted octanol–water partition coefficient (Wildman–Crippen LogP) is 2.46. The Labute approximate surface area is 147 Å². The molecule has 0 aliphatic heterocycles. The molecule has 6 heteroatoms. The van der Waals surface area contributed by atoms with E-state index in [4.69, 9.17) is 9.84 Å². The highest BCUT2D eigenvalue weighted by molar-refractivity contribution is 5.87. The number of benzene rings is 1. The van der Waals surface area contributed by atoms with Gasteiger partial charge in [0.05, 0.1) is 11.9 Å². The fourth-order valence-electron chi connectivity index (χ4n) is 3.05. The van der Waals surface area contributed by atoms with Crippen LogP contribution in [0.2, 0.25) is 0 Å². The lowest BCUT2D eigenvalue weighted by atomic mass is 10.0. The second kappa shape index (κ2) is 7.70. The number of hydrogen-bond donors (Lipinski definition) is 1. The molecule has 1 N–H and O–H groups in total. The van der Waals surface area contributed by atoms with Gasteiger partial charge < -0.3 is 19.3 Å². The minimum atomic E-state index is -1.01. The van der Waals surface area contributed by atoms with Gasteiger partial charge in [-0.1, -0.05) is 6.07 Å². The van der Waals surface area contributed by atoms with Crippen molar-refractivity contribution >= 4 is 16.9 Å². The Balaban J connectivity index is 2.70. The fraction of sp³-hybridized carbons (Fsp3) is 0.474. The number of rotatable bonds is 7. The van der Waals surface area contributed by atoms with Crippen molar-refractivity contribution in [1.82, 2.24) is 9.47 Å². The number of carbonyl (C=O) groups is 1. The molecule has 0 fully saturated rings. The van der Waals surface area contributed by atoms with Gasteiger partial charge in [-0.3, -0.25) is 9.59 Å². The Hall–Kier alpha value is -2.34. The average molecular weight is 346 g/mol. The number of carboxylic acid groups (broad SMARTS) is 1. The lowest BCUT2D eigenvalue weighted by molar-refractivity contribution is -0.136. The Kier molecular flexibility index (Phi) is 5.85. The van der Waals surface area contributed by atoms with Crippen LogP contribution in [0.4, 0.5) is 0 Å². The second-order valence-corrected chi connectivity index (χ2v) is 6.73. The molecule has 0 aliphatic carbocycles. The SMILES string of the molecule is Cc1c(CC(=O)O)c(=O)c2cccc(OCCN(C)C)c2n1C(C)C. The molecular formula is C19H26N2O4. The number of para-hydroxylation sites is 1. The first-order valence-corrected chi connectivity index (χ1v) is 8.40. The van der Waals surface area contributed by atoms with E-state index in [1.165, 1.54) is 0 Å². The first-order chi connectivity index (χ1) is 11.7. The van der Waals surface area contributed by atoms with Gasteiger partial charge in [0.25, 0.3) is 0 Å². The van der Waals surface area contributed by atoms with E-state index in [9.17, 15) is 9.59 Å². The highest BCUT2D eigenvalue weighted by atomic mass is 16.5. The molecule has 1 aromatic heterocycles. The lowest BCUT2D eigenvalue weighted by Gasteiger charge is -2.23. The Bertz CT molecular complexity index is 837. The minimum absolute atomic E-state index is 0.0641. The van der Waals surface area contributed by atoms with Crippen molar-refractivity contribution in [2.75, 3.05) is 27.2 Å². The Morgan fingerprint density at radius 1 is 1.32 bits per heavy atom. The molecule has 0 spiro atoms. The summed E-state index contributed by atoms with van der Waals surface area (Å²) in [4.78, 5) is 26.1. The summed E-state index contributed by atoms with van der Waals surface area (Å²) in [7, 11) is 3.94. The molecule has 0 unspecified atom stereocenters. The third kappa shape index (κ3) is 4.02. The Morgan fingerprint density at radius 2 is 2.00 bits per heavy atom. The van der Waals surface area contributed by atoms with Crippen LogP contribution in [0.25, 0.3) is 10.9 Å². The summed E-state index contributed by atoms with van der Waals surface area (Å²) in [6.45, 7) is 7.10. The molecule has 0 bridgehead atoms. The number of ether oxygens (including phenoxy) is 1. The number of carboxylic acids is 1. The van der Waals surface area contributed by atoms with E-state index in [0.717, 1.165) is 12.1 Å². The molecule has 6 nitrogen and oxygen atoms in total. The molecule has 0 saturated carbocycles. The summed E-state index contributed by atoms with van der Waals surface area (Å²) >= 11 is 0. The molecule has 136 valence electrons. The molecule has 0 aliphatic rings. The van der Waals surface area contributed by atoms with Gasteiger partial charge in [-0.05, 0) is 47.0 Å². The van der Waals surface area contributed by atoms with Crippen LogP contribution in [0.15, 0.2) is 23.0 Å². The standard InChI is InChI=1S/C19H26N2O4/c1-12(2)21-13(3)15(11-17(22)23)19(24)14-7-6-8-16(18(14)21)25-10-9-20(4)5/h6-8,12H,9-11H2,1-5H3,(H,22,23). The number of nitrogens with zero attached hydrogens (tertiary/aromatic N) is 2. The van der Waals surface area contributed by atoms with Crippen LogP contribution in [-0.2, 0) is 11.2 Å². The van der Waals surface area contributed by atoms with E-state index in [1.807, 2.05) is 43.5 Å². The van der Waals surface area contributed by atoms with E-state index in [2.05, 4.69) is 0 Å². The van der Waals surface area contributed by atoms with Crippen LogP contribution in [0.5, 0.6) is 5.75 Å². The monoisotopic (exact) mass is 346 g/mol. The van der Waals surface area contributed by atoms with Gasteiger partial charge in [-0.25, -0.2) is 0 Å². The summed E-state index contributed by atoms with van der Waals surface area (Å²) in [5.41, 5.74) is 1.51. The summed E-state index contributed by atoms with van der Waals surface area (Å²) in [5.74, 6) is -0.358. The van der Waals surface area contributed by atoms with E-state index in [0.29, 0.717) is 29.0 Å². The van der Waals surface area contributed by atoms with Crippen molar-refractivity contribution in [1.29, 1.82) is 0 Å². The summed E-state index contributed by atoms with van der Waals surface area (Å²) < 4.78 is 7.93. The molecule has 0 atom stereocenters.